The molecule has 0 saturated carbocycles. The summed E-state index contributed by atoms with van der Waals surface area (Å²) in [5.74, 6) is 0. The van der Waals surface area contributed by atoms with Crippen LogP contribution in [0.3, 0.4) is 0 Å². The molecule has 2 aromatic rings. The minimum Gasteiger partial charge on any atom is -0.378 e. The van der Waals surface area contributed by atoms with E-state index in [1.807, 2.05) is 0 Å². The minimum atomic E-state index is -0.0594. The number of anilines is 1. The summed E-state index contributed by atoms with van der Waals surface area (Å²) in [5.41, 5.74) is 4.17. The van der Waals surface area contributed by atoms with Crippen LogP contribution in [0, 0.1) is 0 Å². The molecule has 0 radical (unpaired) electrons. The zero-order chi connectivity index (χ0) is 19.3. The highest BCUT2D eigenvalue weighted by atomic mass is 16.5. The van der Waals surface area contributed by atoms with Crippen LogP contribution in [0.5, 0.6) is 0 Å². The van der Waals surface area contributed by atoms with Gasteiger partial charge in [-0.3, -0.25) is 0 Å². The highest BCUT2D eigenvalue weighted by molar-refractivity contribution is 5.45. The van der Waals surface area contributed by atoms with E-state index in [0.29, 0.717) is 0 Å². The first-order chi connectivity index (χ1) is 12.9. The van der Waals surface area contributed by atoms with Crippen LogP contribution in [0.2, 0.25) is 0 Å². The van der Waals surface area contributed by atoms with E-state index >= 15 is 0 Å². The molecule has 27 heavy (non-hydrogen) atoms. The van der Waals surface area contributed by atoms with E-state index in [1.54, 1.807) is 0 Å². The smallest absolute Gasteiger partial charge is 0.0635 e. The number of hydrogen-bond donors (Lipinski definition) is 1. The zero-order valence-electron chi connectivity index (χ0n) is 17.3. The van der Waals surface area contributed by atoms with E-state index in [0.717, 1.165) is 39.0 Å². The second kappa shape index (κ2) is 8.45. The predicted octanol–water partition coefficient (Wildman–Crippen LogP) is 4.76. The van der Waals surface area contributed by atoms with Crippen LogP contribution < -0.4 is 10.2 Å². The lowest BCUT2D eigenvalue weighted by Gasteiger charge is -2.45. The summed E-state index contributed by atoms with van der Waals surface area (Å²) >= 11 is 0. The van der Waals surface area contributed by atoms with Crippen molar-refractivity contribution in [2.24, 2.45) is 0 Å². The van der Waals surface area contributed by atoms with E-state index in [2.05, 4.69) is 92.8 Å². The molecule has 3 heteroatoms. The van der Waals surface area contributed by atoms with Crippen LogP contribution in [0.4, 0.5) is 5.69 Å². The molecule has 3 nitrogen and oxygen atoms in total. The average Bonchev–Trinajstić information content (AvgIpc) is 2.65. The Hall–Kier alpha value is -1.84. The highest BCUT2D eigenvalue weighted by Gasteiger charge is 2.41. The monoisotopic (exact) mass is 366 g/mol. The molecule has 1 aliphatic rings. The molecule has 1 atom stereocenters. The molecule has 2 aromatic carbocycles. The zero-order valence-corrected chi connectivity index (χ0v) is 17.3. The standard InChI is InChI=1S/C24H34N2O/c1-23(2)19-24(15-17-27-23,21-8-6-5-7-9-21)14-16-25-18-20-10-12-22(13-11-20)26(3)4/h5-13,25H,14-19H2,1-4H3/t24-/m1/s1. The van der Waals surface area contributed by atoms with E-state index < -0.39 is 0 Å². The van der Waals surface area contributed by atoms with Gasteiger partial charge in [0.1, 0.15) is 0 Å². The second-order valence-corrected chi connectivity index (χ2v) is 8.67. The molecule has 0 aromatic heterocycles. The molecule has 0 unspecified atom stereocenters. The van der Waals surface area contributed by atoms with E-state index in [1.165, 1.54) is 16.8 Å². The van der Waals surface area contributed by atoms with Gasteiger partial charge in [0.25, 0.3) is 0 Å². The highest BCUT2D eigenvalue weighted by Crippen LogP contribution is 2.43. The average molecular weight is 367 g/mol. The first kappa shape index (κ1) is 19.9. The number of ether oxygens (including phenoxy) is 1. The fraction of sp³-hybridized carbons (Fsp3) is 0.500. The Labute approximate surface area is 164 Å². The molecular formula is C24H34N2O. The third-order valence-corrected chi connectivity index (χ3v) is 5.79. The third-order valence-electron chi connectivity index (χ3n) is 5.79. The molecule has 0 bridgehead atoms. The molecule has 146 valence electrons. The predicted molar refractivity (Wildman–Crippen MR) is 114 cm³/mol. The molecule has 1 fully saturated rings. The van der Waals surface area contributed by atoms with Crippen molar-refractivity contribution >= 4 is 5.69 Å². The lowest BCUT2D eigenvalue weighted by molar-refractivity contribution is -0.0840. The normalized spacial score (nSPS) is 21.8. The Kier molecular flexibility index (Phi) is 6.23. The van der Waals surface area contributed by atoms with Gasteiger partial charge < -0.3 is 15.0 Å². The van der Waals surface area contributed by atoms with Crippen LogP contribution in [-0.2, 0) is 16.7 Å². The SMILES string of the molecule is CN(C)c1ccc(CNCC[C@@]2(c3ccccc3)CCOC(C)(C)C2)cc1. The van der Waals surface area contributed by atoms with Crippen molar-refractivity contribution in [3.63, 3.8) is 0 Å². The van der Waals surface area contributed by atoms with E-state index in [9.17, 15) is 0 Å². The molecule has 1 saturated heterocycles. The largest absolute Gasteiger partial charge is 0.378 e. The summed E-state index contributed by atoms with van der Waals surface area (Å²) in [5, 5.41) is 3.67. The summed E-state index contributed by atoms with van der Waals surface area (Å²) in [4.78, 5) is 2.13. The molecule has 1 aliphatic heterocycles. The number of rotatable bonds is 7. The van der Waals surface area contributed by atoms with Crippen molar-refractivity contribution in [2.75, 3.05) is 32.1 Å². The Morgan fingerprint density at radius 2 is 1.70 bits per heavy atom. The third kappa shape index (κ3) is 5.12. The van der Waals surface area contributed by atoms with Gasteiger partial charge in [0, 0.05) is 38.3 Å². The Bertz CT molecular complexity index is 709. The van der Waals surface area contributed by atoms with Crippen LogP contribution in [-0.4, -0.2) is 32.8 Å². The van der Waals surface area contributed by atoms with Gasteiger partial charge in [0.15, 0.2) is 0 Å². The van der Waals surface area contributed by atoms with E-state index in [4.69, 9.17) is 4.74 Å². The first-order valence-corrected chi connectivity index (χ1v) is 10.1. The number of nitrogens with one attached hydrogen (secondary N) is 1. The molecular weight excluding hydrogens is 332 g/mol. The topological polar surface area (TPSA) is 24.5 Å². The van der Waals surface area contributed by atoms with Crippen molar-refractivity contribution in [1.29, 1.82) is 0 Å². The lowest BCUT2D eigenvalue weighted by atomic mass is 9.67. The first-order valence-electron chi connectivity index (χ1n) is 10.1. The van der Waals surface area contributed by atoms with Crippen LogP contribution >= 0.6 is 0 Å². The maximum atomic E-state index is 6.02. The summed E-state index contributed by atoms with van der Waals surface area (Å²) in [6, 6.07) is 19.8. The fourth-order valence-corrected chi connectivity index (χ4v) is 4.35. The quantitative estimate of drug-likeness (QED) is 0.715. The summed E-state index contributed by atoms with van der Waals surface area (Å²) in [6.45, 7) is 7.22. The Balaban J connectivity index is 1.62. The van der Waals surface area contributed by atoms with Crippen molar-refractivity contribution < 1.29 is 4.74 Å². The van der Waals surface area contributed by atoms with Gasteiger partial charge in [-0.05, 0) is 62.9 Å². The van der Waals surface area contributed by atoms with Gasteiger partial charge in [0.05, 0.1) is 5.60 Å². The van der Waals surface area contributed by atoms with E-state index in [-0.39, 0.29) is 11.0 Å². The van der Waals surface area contributed by atoms with Gasteiger partial charge in [0.2, 0.25) is 0 Å². The van der Waals surface area contributed by atoms with Crippen molar-refractivity contribution in [1.82, 2.24) is 5.32 Å². The minimum absolute atomic E-state index is 0.0594. The number of hydrogen-bond acceptors (Lipinski definition) is 3. The number of nitrogens with zero attached hydrogens (tertiary/aromatic N) is 1. The van der Waals surface area contributed by atoms with Crippen molar-refractivity contribution in [3.05, 3.63) is 65.7 Å². The van der Waals surface area contributed by atoms with Crippen LogP contribution in [0.15, 0.2) is 54.6 Å². The van der Waals surface area contributed by atoms with Crippen molar-refractivity contribution in [3.8, 4) is 0 Å². The molecule has 3 rings (SSSR count). The molecule has 0 spiro atoms. The maximum Gasteiger partial charge on any atom is 0.0635 e. The summed E-state index contributed by atoms with van der Waals surface area (Å²) < 4.78 is 6.02. The van der Waals surface area contributed by atoms with Crippen LogP contribution in [0.25, 0.3) is 0 Å². The van der Waals surface area contributed by atoms with Gasteiger partial charge >= 0.3 is 0 Å². The van der Waals surface area contributed by atoms with Gasteiger partial charge in [-0.1, -0.05) is 42.5 Å². The van der Waals surface area contributed by atoms with Gasteiger partial charge in [-0.2, -0.15) is 0 Å². The Morgan fingerprint density at radius 1 is 1.00 bits per heavy atom. The summed E-state index contributed by atoms with van der Waals surface area (Å²) in [7, 11) is 4.15. The van der Waals surface area contributed by atoms with Gasteiger partial charge in [-0.25, -0.2) is 0 Å². The lowest BCUT2D eigenvalue weighted by Crippen LogP contribution is -2.45. The van der Waals surface area contributed by atoms with Gasteiger partial charge in [-0.15, -0.1) is 0 Å². The molecule has 0 aliphatic carbocycles. The van der Waals surface area contributed by atoms with Crippen molar-refractivity contribution in [2.45, 2.75) is 50.7 Å². The second-order valence-electron chi connectivity index (χ2n) is 8.67. The Morgan fingerprint density at radius 3 is 2.33 bits per heavy atom. The molecule has 0 amide bonds. The summed E-state index contributed by atoms with van der Waals surface area (Å²) in [6.07, 6.45) is 3.31. The maximum absolute atomic E-state index is 6.02. The fourth-order valence-electron chi connectivity index (χ4n) is 4.35. The number of benzene rings is 2. The molecule has 1 N–H and O–H groups in total. The molecule has 1 heterocycles. The van der Waals surface area contributed by atoms with Crippen LogP contribution in [0.1, 0.15) is 44.2 Å².